The minimum Gasteiger partial charge on any atom is -0.569 e. The molecule has 8 heteroatoms. The quantitative estimate of drug-likeness (QED) is 0.223. The summed E-state index contributed by atoms with van der Waals surface area (Å²) in [5, 5.41) is 9.96. The number of hydrogen-bond donors (Lipinski definition) is 1. The predicted molar refractivity (Wildman–Crippen MR) is 142 cm³/mol. The van der Waals surface area contributed by atoms with Crippen molar-refractivity contribution in [2.24, 2.45) is 11.8 Å². The van der Waals surface area contributed by atoms with Crippen LogP contribution >= 0.6 is 0 Å². The molecule has 1 aromatic carbocycles. The summed E-state index contributed by atoms with van der Waals surface area (Å²) in [5.74, 6) is 0.982. The van der Waals surface area contributed by atoms with Gasteiger partial charge in [-0.25, -0.2) is 4.79 Å². The average molecular weight is 588 g/mol. The molecular weight excluding hydrogens is 547 g/mol. The molecule has 1 heterocycles. The Hall–Kier alpha value is -1.96. The molecule has 1 unspecified atom stereocenters. The van der Waals surface area contributed by atoms with Gasteiger partial charge in [0.05, 0.1) is 6.61 Å². The van der Waals surface area contributed by atoms with E-state index in [-0.39, 0.29) is 55.9 Å². The molecule has 0 bridgehead atoms. The first kappa shape index (κ1) is 33.1. The fraction of sp³-hybridized carbons (Fsp3) is 0.517. The minimum absolute atomic E-state index is 0. The van der Waals surface area contributed by atoms with E-state index >= 15 is 0 Å². The number of ether oxygens (including phenoxy) is 1. The molecule has 1 aliphatic rings. The van der Waals surface area contributed by atoms with Crippen molar-refractivity contribution in [1.82, 2.24) is 0 Å². The number of ketones is 1. The number of allylic oxidation sites excluding steroid dienone is 1. The second kappa shape index (κ2) is 17.5. The van der Waals surface area contributed by atoms with E-state index in [9.17, 15) is 14.7 Å². The molecule has 0 aliphatic heterocycles. The van der Waals surface area contributed by atoms with Crippen LogP contribution in [0.15, 0.2) is 51.8 Å². The van der Waals surface area contributed by atoms with Crippen molar-refractivity contribution in [3.05, 3.63) is 75.4 Å². The van der Waals surface area contributed by atoms with Crippen molar-refractivity contribution in [3.8, 4) is 11.5 Å². The molecule has 7 nitrogen and oxygen atoms in total. The molecule has 1 saturated carbocycles. The molecule has 0 amide bonds. The summed E-state index contributed by atoms with van der Waals surface area (Å²) in [6.07, 6.45) is 10.3. The maximum absolute atomic E-state index is 11.9. The Balaban J connectivity index is 0.000000392. The van der Waals surface area contributed by atoms with Gasteiger partial charge in [0.2, 0.25) is 0 Å². The van der Waals surface area contributed by atoms with Crippen LogP contribution in [-0.2, 0) is 37.5 Å². The van der Waals surface area contributed by atoms with Crippen molar-refractivity contribution in [2.45, 2.75) is 72.1 Å². The van der Waals surface area contributed by atoms with Crippen LogP contribution in [0.3, 0.4) is 0 Å². The number of hydroxylamine groups is 1. The number of aryl methyl sites for hydroxylation is 1. The molecule has 3 rings (SSSR count). The van der Waals surface area contributed by atoms with Gasteiger partial charge >= 0.3 is 5.63 Å². The number of rotatable bonds is 11. The standard InChI is InChI=1S/C16H22NO5.C13H18O.Y/c1-10(2)15(19)14-12(18)9-13(22-16(14)20)11(3)7-5-6-8-17-21-4;1-11-6-8-13(9-7-11)14-10-12-4-2-3-5-12;/h6,8-11H,5,7H2,1-4H3,(H,18,19,20);6-9,12H,2-5,10H2,1H3;/q-1;;/b8-6-;;. The number of benzene rings is 1. The van der Waals surface area contributed by atoms with E-state index < -0.39 is 11.4 Å². The Labute approximate surface area is 245 Å². The van der Waals surface area contributed by atoms with Crippen LogP contribution in [0.25, 0.3) is 5.48 Å². The Kier molecular flexibility index (Phi) is 15.7. The minimum atomic E-state index is -0.787. The van der Waals surface area contributed by atoms with E-state index in [1.165, 1.54) is 44.4 Å². The Bertz CT molecular complexity index is 1030. The number of Topliss-reactive ketones (excluding diaryl/α,β-unsaturated/α-hetero) is 1. The second-order valence-corrected chi connectivity index (χ2v) is 9.64. The SMILES string of the molecule is CO[N-]/C=C\CCC(C)c1cc(O)c(C(=O)C(C)C)c(=O)o1.Cc1ccc(OCC2CCCC2)cc1.[Y]. The van der Waals surface area contributed by atoms with E-state index in [0.717, 1.165) is 18.3 Å². The third-order valence-electron chi connectivity index (χ3n) is 6.23. The zero-order valence-corrected chi connectivity index (χ0v) is 25.6. The normalized spacial score (nSPS) is 14.1. The first-order chi connectivity index (χ1) is 17.2. The average Bonchev–Trinajstić information content (AvgIpc) is 3.37. The smallest absolute Gasteiger partial charge is 0.350 e. The van der Waals surface area contributed by atoms with Crippen molar-refractivity contribution < 1.29 is 56.6 Å². The summed E-state index contributed by atoms with van der Waals surface area (Å²) in [6.45, 7) is 8.21. The van der Waals surface area contributed by atoms with Crippen LogP contribution < -0.4 is 10.4 Å². The Morgan fingerprint density at radius 3 is 2.41 bits per heavy atom. The summed E-state index contributed by atoms with van der Waals surface area (Å²) in [6, 6.07) is 9.67. The summed E-state index contributed by atoms with van der Waals surface area (Å²) in [7, 11) is 1.46. The van der Waals surface area contributed by atoms with Gasteiger partial charge in [0.15, 0.2) is 5.78 Å². The molecule has 2 aromatic rings. The van der Waals surface area contributed by atoms with Gasteiger partial charge in [-0.05, 0) is 50.7 Å². The monoisotopic (exact) mass is 587 g/mol. The number of carbonyl (C=O) groups is 1. The Morgan fingerprint density at radius 2 is 1.84 bits per heavy atom. The summed E-state index contributed by atoms with van der Waals surface area (Å²) < 4.78 is 10.9. The molecule has 37 heavy (non-hydrogen) atoms. The molecule has 1 radical (unpaired) electrons. The number of carbonyl (C=O) groups excluding carboxylic acids is 1. The van der Waals surface area contributed by atoms with Crippen LogP contribution in [0.4, 0.5) is 0 Å². The molecule has 1 aromatic heterocycles. The fourth-order valence-corrected chi connectivity index (χ4v) is 3.95. The molecule has 1 N–H and O–H groups in total. The maximum atomic E-state index is 11.9. The molecule has 1 atom stereocenters. The van der Waals surface area contributed by atoms with E-state index in [1.807, 2.05) is 13.0 Å². The van der Waals surface area contributed by atoms with Gasteiger partial charge in [0.25, 0.3) is 0 Å². The van der Waals surface area contributed by atoms with Crippen molar-refractivity contribution in [2.75, 3.05) is 13.7 Å². The van der Waals surface area contributed by atoms with Gasteiger partial charge in [-0.3, -0.25) is 4.79 Å². The molecule has 0 saturated heterocycles. The zero-order valence-electron chi connectivity index (χ0n) is 22.7. The van der Waals surface area contributed by atoms with Gasteiger partial charge in [-0.2, -0.15) is 6.20 Å². The van der Waals surface area contributed by atoms with Crippen molar-refractivity contribution in [1.29, 1.82) is 0 Å². The number of hydrogen-bond acceptors (Lipinski definition) is 6. The van der Waals surface area contributed by atoms with Gasteiger partial charge in [0, 0.05) is 57.7 Å². The predicted octanol–water partition coefficient (Wildman–Crippen LogP) is 7.08. The zero-order chi connectivity index (χ0) is 26.5. The molecule has 0 spiro atoms. The van der Waals surface area contributed by atoms with Gasteiger partial charge in [0.1, 0.15) is 22.8 Å². The van der Waals surface area contributed by atoms with Crippen molar-refractivity contribution >= 4 is 5.78 Å². The fourth-order valence-electron chi connectivity index (χ4n) is 3.95. The van der Waals surface area contributed by atoms with Gasteiger partial charge in [-0.1, -0.05) is 51.3 Å². The van der Waals surface area contributed by atoms with Crippen LogP contribution in [0, 0.1) is 18.8 Å². The summed E-state index contributed by atoms with van der Waals surface area (Å²) in [4.78, 5) is 28.4. The summed E-state index contributed by atoms with van der Waals surface area (Å²) >= 11 is 0. The van der Waals surface area contributed by atoms with Gasteiger partial charge in [-0.15, -0.1) is 6.08 Å². The topological polar surface area (TPSA) is 100 Å². The Morgan fingerprint density at radius 1 is 1.19 bits per heavy atom. The number of aromatic hydroxyl groups is 1. The third kappa shape index (κ3) is 11.5. The van der Waals surface area contributed by atoms with Crippen molar-refractivity contribution in [3.63, 3.8) is 0 Å². The van der Waals surface area contributed by atoms with Crippen LogP contribution in [-0.4, -0.2) is 24.6 Å². The maximum Gasteiger partial charge on any atom is 0.350 e. The number of nitrogens with zero attached hydrogens (tertiary/aromatic N) is 1. The van der Waals surface area contributed by atoms with Gasteiger partial charge < -0.3 is 24.6 Å². The van der Waals surface area contributed by atoms with Crippen LogP contribution in [0.1, 0.15) is 86.9 Å². The molecule has 1 fully saturated rings. The van der Waals surface area contributed by atoms with E-state index in [0.29, 0.717) is 18.6 Å². The van der Waals surface area contributed by atoms with E-state index in [2.05, 4.69) is 41.5 Å². The first-order valence-electron chi connectivity index (χ1n) is 12.7. The molecule has 201 valence electrons. The second-order valence-electron chi connectivity index (χ2n) is 9.64. The first-order valence-corrected chi connectivity index (χ1v) is 12.7. The molecule has 1 aliphatic carbocycles. The largest absolute Gasteiger partial charge is 0.569 e. The molecular formula is C29H40NO6Y-. The summed E-state index contributed by atoms with van der Waals surface area (Å²) in [5.41, 5.74) is 3.82. The third-order valence-corrected chi connectivity index (χ3v) is 6.23. The van der Waals surface area contributed by atoms with Crippen LogP contribution in [0.5, 0.6) is 11.5 Å². The van der Waals surface area contributed by atoms with E-state index in [1.54, 1.807) is 20.0 Å². The van der Waals surface area contributed by atoms with Crippen LogP contribution in [0.2, 0.25) is 0 Å². The van der Waals surface area contributed by atoms with E-state index in [4.69, 9.17) is 9.15 Å².